The number of aromatic amines is 1. The van der Waals surface area contributed by atoms with Crippen molar-refractivity contribution < 1.29 is 22.7 Å². The number of carbonyl (C=O) groups is 1. The Morgan fingerprint density at radius 2 is 2.20 bits per heavy atom. The molecule has 0 unspecified atom stereocenters. The van der Waals surface area contributed by atoms with E-state index in [1.54, 1.807) is 6.92 Å². The summed E-state index contributed by atoms with van der Waals surface area (Å²) in [7, 11) is 0. The lowest BCUT2D eigenvalue weighted by Crippen LogP contribution is -2.23. The van der Waals surface area contributed by atoms with Crippen LogP contribution in [0, 0.1) is 0 Å². The van der Waals surface area contributed by atoms with Crippen molar-refractivity contribution in [1.29, 1.82) is 0 Å². The summed E-state index contributed by atoms with van der Waals surface area (Å²) < 4.78 is 42.8. The molecule has 20 heavy (non-hydrogen) atoms. The number of carbonyl (C=O) groups excluding carboxylic acids is 1. The third-order valence-corrected chi connectivity index (χ3v) is 2.50. The molecule has 2 aromatic heterocycles. The Bertz CT molecular complexity index is 702. The van der Waals surface area contributed by atoms with Gasteiger partial charge < -0.3 is 9.72 Å². The van der Waals surface area contributed by atoms with E-state index >= 15 is 0 Å². The molecule has 0 atom stereocenters. The average Bonchev–Trinajstić information content (AvgIpc) is 2.78. The lowest BCUT2D eigenvalue weighted by Gasteiger charge is -2.01. The molecule has 0 aliphatic heterocycles. The maximum Gasteiger partial charge on any atom is 0.435 e. The zero-order valence-corrected chi connectivity index (χ0v) is 10.3. The van der Waals surface area contributed by atoms with Crippen molar-refractivity contribution in [3.63, 3.8) is 0 Å². The highest BCUT2D eigenvalue weighted by Gasteiger charge is 2.34. The lowest BCUT2D eigenvalue weighted by atomic mass is 10.2. The molecule has 0 saturated heterocycles. The van der Waals surface area contributed by atoms with E-state index in [1.807, 2.05) is 0 Å². The van der Waals surface area contributed by atoms with E-state index in [2.05, 4.69) is 14.8 Å². The van der Waals surface area contributed by atoms with E-state index in [4.69, 9.17) is 0 Å². The van der Waals surface area contributed by atoms with Gasteiger partial charge in [-0.3, -0.25) is 9.59 Å². The summed E-state index contributed by atoms with van der Waals surface area (Å²) in [6.45, 7) is 1.76. The van der Waals surface area contributed by atoms with Gasteiger partial charge in [0.2, 0.25) is 0 Å². The summed E-state index contributed by atoms with van der Waals surface area (Å²) in [5.41, 5.74) is -2.09. The molecule has 0 radical (unpaired) electrons. The molecule has 2 aromatic rings. The van der Waals surface area contributed by atoms with E-state index in [9.17, 15) is 22.8 Å². The Labute approximate surface area is 110 Å². The fraction of sp³-hybridized carbons (Fsp3) is 0.364. The molecule has 0 aliphatic carbocycles. The van der Waals surface area contributed by atoms with Crippen molar-refractivity contribution in [3.05, 3.63) is 33.9 Å². The standard InChI is InChI=1S/C11H10F3N3O3/c1-2-20-9(18)3-6-5-15-8-4-7(11(12,13)14)16-17(8)10(6)19/h4-5,15H,2-3H2,1H3. The molecular formula is C11H10F3N3O3. The van der Waals surface area contributed by atoms with Crippen LogP contribution in [0.3, 0.4) is 0 Å². The Balaban J connectivity index is 2.43. The fourth-order valence-electron chi connectivity index (χ4n) is 1.63. The number of ether oxygens (including phenoxy) is 1. The largest absolute Gasteiger partial charge is 0.466 e. The predicted octanol–water partition coefficient (Wildman–Crippen LogP) is 1.15. The van der Waals surface area contributed by atoms with Crippen LogP contribution in [0.5, 0.6) is 0 Å². The lowest BCUT2D eigenvalue weighted by molar-refractivity contribution is -0.142. The minimum Gasteiger partial charge on any atom is -0.466 e. The normalized spacial score (nSPS) is 11.8. The van der Waals surface area contributed by atoms with Crippen LogP contribution in [-0.2, 0) is 22.1 Å². The quantitative estimate of drug-likeness (QED) is 0.860. The van der Waals surface area contributed by atoms with Crippen molar-refractivity contribution in [2.75, 3.05) is 6.61 Å². The zero-order valence-electron chi connectivity index (χ0n) is 10.3. The molecule has 2 heterocycles. The highest BCUT2D eigenvalue weighted by molar-refractivity contribution is 5.72. The molecule has 0 amide bonds. The first-order chi connectivity index (χ1) is 9.32. The number of esters is 1. The SMILES string of the molecule is CCOC(=O)Cc1c[nH]c2cc(C(F)(F)F)nn2c1=O. The first-order valence-corrected chi connectivity index (χ1v) is 5.66. The molecule has 2 rings (SSSR count). The second-order valence-corrected chi connectivity index (χ2v) is 3.93. The van der Waals surface area contributed by atoms with E-state index in [-0.39, 0.29) is 24.2 Å². The minimum atomic E-state index is -4.65. The highest BCUT2D eigenvalue weighted by Crippen LogP contribution is 2.27. The fourth-order valence-corrected chi connectivity index (χ4v) is 1.63. The molecule has 6 nitrogen and oxygen atoms in total. The number of nitrogens with zero attached hydrogens (tertiary/aromatic N) is 2. The van der Waals surface area contributed by atoms with Crippen LogP contribution >= 0.6 is 0 Å². The summed E-state index contributed by atoms with van der Waals surface area (Å²) >= 11 is 0. The van der Waals surface area contributed by atoms with Crippen LogP contribution < -0.4 is 5.56 Å². The number of H-pyrrole nitrogens is 1. The second-order valence-electron chi connectivity index (χ2n) is 3.93. The van der Waals surface area contributed by atoms with Crippen LogP contribution in [0.15, 0.2) is 17.1 Å². The van der Waals surface area contributed by atoms with Crippen LogP contribution in [0.1, 0.15) is 18.2 Å². The van der Waals surface area contributed by atoms with Crippen LogP contribution in [0.4, 0.5) is 13.2 Å². The molecule has 0 saturated carbocycles. The van der Waals surface area contributed by atoms with Gasteiger partial charge in [0.25, 0.3) is 5.56 Å². The average molecular weight is 289 g/mol. The number of fused-ring (bicyclic) bond motifs is 1. The second kappa shape index (κ2) is 4.99. The van der Waals surface area contributed by atoms with Crippen LogP contribution in [-0.4, -0.2) is 27.2 Å². The number of halogens is 3. The Kier molecular flexibility index (Phi) is 3.51. The highest BCUT2D eigenvalue weighted by atomic mass is 19.4. The molecular weight excluding hydrogens is 279 g/mol. The molecule has 0 bridgehead atoms. The Morgan fingerprint density at radius 3 is 2.80 bits per heavy atom. The van der Waals surface area contributed by atoms with Gasteiger partial charge in [-0.25, -0.2) is 0 Å². The molecule has 108 valence electrons. The van der Waals surface area contributed by atoms with Gasteiger partial charge in [0.05, 0.1) is 13.0 Å². The van der Waals surface area contributed by atoms with Gasteiger partial charge in [-0.2, -0.15) is 22.8 Å². The molecule has 0 aromatic carbocycles. The monoisotopic (exact) mass is 289 g/mol. The summed E-state index contributed by atoms with van der Waals surface area (Å²) in [5.74, 6) is -0.638. The van der Waals surface area contributed by atoms with Gasteiger partial charge in [-0.05, 0) is 6.92 Å². The van der Waals surface area contributed by atoms with Crippen LogP contribution in [0.2, 0.25) is 0 Å². The number of rotatable bonds is 3. The molecule has 0 aliphatic rings. The number of nitrogens with one attached hydrogen (secondary N) is 1. The van der Waals surface area contributed by atoms with Crippen LogP contribution in [0.25, 0.3) is 5.65 Å². The van der Waals surface area contributed by atoms with Crippen molar-refractivity contribution >= 4 is 11.6 Å². The van der Waals surface area contributed by atoms with Crippen molar-refractivity contribution in [2.24, 2.45) is 0 Å². The van der Waals surface area contributed by atoms with E-state index in [0.29, 0.717) is 4.52 Å². The number of hydrogen-bond acceptors (Lipinski definition) is 4. The minimum absolute atomic E-state index is 0.0206. The third-order valence-electron chi connectivity index (χ3n) is 2.50. The summed E-state index contributed by atoms with van der Waals surface area (Å²) in [6.07, 6.45) is -3.80. The first-order valence-electron chi connectivity index (χ1n) is 5.66. The maximum atomic E-state index is 12.5. The van der Waals surface area contributed by atoms with Gasteiger partial charge >= 0.3 is 12.1 Å². The van der Waals surface area contributed by atoms with Gasteiger partial charge in [-0.15, -0.1) is 0 Å². The maximum absolute atomic E-state index is 12.5. The molecule has 9 heteroatoms. The number of hydrogen-bond donors (Lipinski definition) is 1. The van der Waals surface area contributed by atoms with Crippen molar-refractivity contribution in [3.8, 4) is 0 Å². The summed E-state index contributed by atoms with van der Waals surface area (Å²) in [6, 6.07) is 0.718. The molecule has 0 spiro atoms. The molecule has 1 N–H and O–H groups in total. The van der Waals surface area contributed by atoms with Crippen molar-refractivity contribution in [2.45, 2.75) is 19.5 Å². The summed E-state index contributed by atoms with van der Waals surface area (Å²) in [4.78, 5) is 25.7. The third kappa shape index (κ3) is 2.65. The Morgan fingerprint density at radius 1 is 1.50 bits per heavy atom. The van der Waals surface area contributed by atoms with Gasteiger partial charge in [0.15, 0.2) is 5.69 Å². The van der Waals surface area contributed by atoms with E-state index in [1.165, 1.54) is 6.20 Å². The van der Waals surface area contributed by atoms with Crippen molar-refractivity contribution in [1.82, 2.24) is 14.6 Å². The zero-order chi connectivity index (χ0) is 14.9. The van der Waals surface area contributed by atoms with Gasteiger partial charge in [0.1, 0.15) is 5.65 Å². The number of aromatic nitrogens is 3. The Hall–Kier alpha value is -2.32. The van der Waals surface area contributed by atoms with E-state index in [0.717, 1.165) is 6.07 Å². The number of alkyl halides is 3. The topological polar surface area (TPSA) is 76.5 Å². The smallest absolute Gasteiger partial charge is 0.435 e. The summed E-state index contributed by atoms with van der Waals surface area (Å²) in [5, 5.41) is 3.19. The first kappa shape index (κ1) is 14.1. The van der Waals surface area contributed by atoms with Gasteiger partial charge in [-0.1, -0.05) is 0 Å². The molecule has 0 fully saturated rings. The van der Waals surface area contributed by atoms with E-state index < -0.39 is 23.4 Å². The predicted molar refractivity (Wildman–Crippen MR) is 61.2 cm³/mol. The van der Waals surface area contributed by atoms with Gasteiger partial charge in [0, 0.05) is 17.8 Å².